The smallest absolute Gasteiger partial charge is 0.226 e. The number of amides is 1. The zero-order chi connectivity index (χ0) is 17.5. The second kappa shape index (κ2) is 6.52. The van der Waals surface area contributed by atoms with Gasteiger partial charge in [-0.3, -0.25) is 9.89 Å². The highest BCUT2D eigenvalue weighted by atomic mass is 32.1. The molecule has 1 unspecified atom stereocenters. The second-order valence-corrected chi connectivity index (χ2v) is 8.35. The maximum absolute atomic E-state index is 12.6. The number of rotatable bonds is 4. The number of nitrogens with one attached hydrogen (secondary N) is 2. The number of carbonyl (C=O) groups excluding carboxylic acids is 1. The topological polar surface area (TPSA) is 61.0 Å². The van der Waals surface area contributed by atoms with Crippen LogP contribution in [0.2, 0.25) is 0 Å². The lowest BCUT2D eigenvalue weighted by molar-refractivity contribution is -0.122. The lowest BCUT2D eigenvalue weighted by Crippen LogP contribution is -2.57. The van der Waals surface area contributed by atoms with E-state index in [4.69, 9.17) is 0 Å². The van der Waals surface area contributed by atoms with Crippen molar-refractivity contribution < 1.29 is 4.79 Å². The zero-order valence-electron chi connectivity index (χ0n) is 14.6. The summed E-state index contributed by atoms with van der Waals surface area (Å²) in [7, 11) is 0. The Morgan fingerprint density at radius 2 is 2.19 bits per heavy atom. The summed E-state index contributed by atoms with van der Waals surface area (Å²) in [5.41, 5.74) is 2.99. The third-order valence-corrected chi connectivity index (χ3v) is 6.70. The van der Waals surface area contributed by atoms with Gasteiger partial charge in [0.25, 0.3) is 0 Å². The van der Waals surface area contributed by atoms with Crippen molar-refractivity contribution in [1.82, 2.24) is 20.4 Å². The van der Waals surface area contributed by atoms with Crippen LogP contribution in [0.3, 0.4) is 0 Å². The van der Waals surface area contributed by atoms with Gasteiger partial charge in [0.2, 0.25) is 5.91 Å². The molecule has 1 amide bonds. The maximum atomic E-state index is 12.6. The first kappa shape index (κ1) is 16.0. The third-order valence-electron chi connectivity index (χ3n) is 5.78. The molecule has 3 fully saturated rings. The molecule has 6 heteroatoms. The minimum Gasteiger partial charge on any atom is -0.351 e. The maximum Gasteiger partial charge on any atom is 0.226 e. The Balaban J connectivity index is 1.34. The second-order valence-electron chi connectivity index (χ2n) is 7.40. The average molecular weight is 366 g/mol. The summed E-state index contributed by atoms with van der Waals surface area (Å²) in [6, 6.07) is 10.7. The largest absolute Gasteiger partial charge is 0.351 e. The standard InChI is InChI=1S/C20H22N4OS/c25-20(21-18-12-24-7-5-13(18)6-8-24)11-17-15-10-14(19-2-1-9-26-19)3-4-16(15)22-23-17/h1-4,9-10,13,18H,5-8,11-12H2,(H,21,25)(H,22,23). The first-order valence-electron chi connectivity index (χ1n) is 9.29. The van der Waals surface area contributed by atoms with Gasteiger partial charge in [0.1, 0.15) is 0 Å². The van der Waals surface area contributed by atoms with Gasteiger partial charge in [0.15, 0.2) is 0 Å². The molecule has 3 aliphatic heterocycles. The van der Waals surface area contributed by atoms with Gasteiger partial charge in [-0.25, -0.2) is 0 Å². The molecule has 0 saturated carbocycles. The fourth-order valence-electron chi connectivity index (χ4n) is 4.34. The normalized spacial score (nSPS) is 24.8. The molecule has 3 aliphatic rings. The molecule has 1 atom stereocenters. The summed E-state index contributed by atoms with van der Waals surface area (Å²) < 4.78 is 0. The van der Waals surface area contributed by atoms with E-state index in [-0.39, 0.29) is 5.91 Å². The average Bonchev–Trinajstić information content (AvgIpc) is 3.33. The Kier molecular flexibility index (Phi) is 4.02. The Labute approximate surface area is 156 Å². The van der Waals surface area contributed by atoms with Crippen LogP contribution in [0.15, 0.2) is 35.7 Å². The number of carbonyl (C=O) groups is 1. The van der Waals surface area contributed by atoms with Gasteiger partial charge >= 0.3 is 0 Å². The highest BCUT2D eigenvalue weighted by molar-refractivity contribution is 7.13. The van der Waals surface area contributed by atoms with Crippen molar-refractivity contribution in [1.29, 1.82) is 0 Å². The zero-order valence-corrected chi connectivity index (χ0v) is 15.4. The molecule has 0 spiro atoms. The number of hydrogen-bond donors (Lipinski definition) is 2. The molecule has 134 valence electrons. The summed E-state index contributed by atoms with van der Waals surface area (Å²) in [6.07, 6.45) is 2.78. The van der Waals surface area contributed by atoms with Crippen LogP contribution in [0.5, 0.6) is 0 Å². The number of fused-ring (bicyclic) bond motifs is 4. The molecule has 2 aromatic heterocycles. The molecule has 6 rings (SSSR count). The van der Waals surface area contributed by atoms with Crippen molar-refractivity contribution in [2.24, 2.45) is 5.92 Å². The van der Waals surface area contributed by atoms with Crippen molar-refractivity contribution in [2.75, 3.05) is 19.6 Å². The minimum absolute atomic E-state index is 0.0934. The van der Waals surface area contributed by atoms with Crippen molar-refractivity contribution in [2.45, 2.75) is 25.3 Å². The van der Waals surface area contributed by atoms with Crippen molar-refractivity contribution in [3.63, 3.8) is 0 Å². The fraction of sp³-hybridized carbons (Fsp3) is 0.400. The Morgan fingerprint density at radius 3 is 2.92 bits per heavy atom. The van der Waals surface area contributed by atoms with Crippen molar-refractivity contribution in [3.05, 3.63) is 41.4 Å². The molecule has 0 aliphatic carbocycles. The van der Waals surface area contributed by atoms with Crippen LogP contribution in [0.4, 0.5) is 0 Å². The van der Waals surface area contributed by atoms with Crippen LogP contribution in [0.25, 0.3) is 21.3 Å². The summed E-state index contributed by atoms with van der Waals surface area (Å²) in [6.45, 7) is 3.38. The van der Waals surface area contributed by atoms with E-state index in [0.29, 0.717) is 18.4 Å². The lowest BCUT2D eigenvalue weighted by atomic mass is 9.84. The van der Waals surface area contributed by atoms with Crippen LogP contribution in [0, 0.1) is 5.92 Å². The molecule has 2 N–H and O–H groups in total. The van der Waals surface area contributed by atoms with Crippen LogP contribution >= 0.6 is 11.3 Å². The minimum atomic E-state index is 0.0934. The first-order chi connectivity index (χ1) is 12.8. The summed E-state index contributed by atoms with van der Waals surface area (Å²) in [4.78, 5) is 16.3. The summed E-state index contributed by atoms with van der Waals surface area (Å²) in [5, 5.41) is 13.8. The predicted octanol–water partition coefficient (Wildman–Crippen LogP) is 3.04. The quantitative estimate of drug-likeness (QED) is 0.746. The molecule has 2 bridgehead atoms. The number of benzene rings is 1. The van der Waals surface area contributed by atoms with E-state index in [9.17, 15) is 4.79 Å². The van der Waals surface area contributed by atoms with E-state index in [2.05, 4.69) is 50.1 Å². The molecule has 5 nitrogen and oxygen atoms in total. The molecule has 1 aromatic carbocycles. The number of H-pyrrole nitrogens is 1. The fourth-order valence-corrected chi connectivity index (χ4v) is 5.06. The lowest BCUT2D eigenvalue weighted by Gasteiger charge is -2.44. The van der Waals surface area contributed by atoms with Gasteiger partial charge in [-0.15, -0.1) is 11.3 Å². The third kappa shape index (κ3) is 2.93. The van der Waals surface area contributed by atoms with E-state index in [1.807, 2.05) is 6.07 Å². The Morgan fingerprint density at radius 1 is 1.31 bits per heavy atom. The van der Waals surface area contributed by atoms with Gasteiger partial charge in [-0.2, -0.15) is 5.10 Å². The number of aromatic amines is 1. The highest BCUT2D eigenvalue weighted by Gasteiger charge is 2.34. The molecule has 26 heavy (non-hydrogen) atoms. The van der Waals surface area contributed by atoms with E-state index >= 15 is 0 Å². The molecular weight excluding hydrogens is 344 g/mol. The number of aromatic nitrogens is 2. The molecule has 3 saturated heterocycles. The Hall–Kier alpha value is -2.18. The van der Waals surface area contributed by atoms with E-state index in [1.54, 1.807) is 11.3 Å². The van der Waals surface area contributed by atoms with Crippen LogP contribution in [-0.4, -0.2) is 46.7 Å². The van der Waals surface area contributed by atoms with E-state index < -0.39 is 0 Å². The number of piperidine rings is 3. The van der Waals surface area contributed by atoms with Crippen LogP contribution < -0.4 is 5.32 Å². The number of nitrogens with zero attached hydrogens (tertiary/aromatic N) is 2. The SMILES string of the molecule is O=C(Cc1[nH]nc2ccc(-c3cccs3)cc12)NC1CN2CCC1CC2. The molecular formula is C20H22N4OS. The molecule has 5 heterocycles. The van der Waals surface area contributed by atoms with Crippen molar-refractivity contribution in [3.8, 4) is 10.4 Å². The van der Waals surface area contributed by atoms with Gasteiger partial charge in [0, 0.05) is 22.8 Å². The highest BCUT2D eigenvalue weighted by Crippen LogP contribution is 2.29. The summed E-state index contributed by atoms with van der Waals surface area (Å²) in [5.74, 6) is 0.740. The van der Waals surface area contributed by atoms with E-state index in [0.717, 1.165) is 23.1 Å². The van der Waals surface area contributed by atoms with Gasteiger partial charge in [-0.1, -0.05) is 12.1 Å². The van der Waals surface area contributed by atoms with Gasteiger partial charge < -0.3 is 10.2 Å². The van der Waals surface area contributed by atoms with Crippen molar-refractivity contribution >= 4 is 28.1 Å². The van der Waals surface area contributed by atoms with E-state index in [1.165, 1.54) is 36.4 Å². The number of hydrogen-bond acceptors (Lipinski definition) is 4. The summed E-state index contributed by atoms with van der Waals surface area (Å²) >= 11 is 1.72. The molecule has 0 radical (unpaired) electrons. The first-order valence-corrected chi connectivity index (χ1v) is 10.2. The van der Waals surface area contributed by atoms with Crippen LogP contribution in [0.1, 0.15) is 18.5 Å². The van der Waals surface area contributed by atoms with Gasteiger partial charge in [-0.05, 0) is 61.0 Å². The number of thiophene rings is 1. The predicted molar refractivity (Wildman–Crippen MR) is 104 cm³/mol. The van der Waals surface area contributed by atoms with Crippen LogP contribution in [-0.2, 0) is 11.2 Å². The monoisotopic (exact) mass is 366 g/mol. The van der Waals surface area contributed by atoms with Gasteiger partial charge in [0.05, 0.1) is 17.6 Å². The molecule has 3 aromatic rings. The Bertz CT molecular complexity index is 925.